The Bertz CT molecular complexity index is 608. The molecule has 0 bridgehead atoms. The molecule has 2 aliphatic heterocycles. The summed E-state index contributed by atoms with van der Waals surface area (Å²) in [4.78, 5) is 29.9. The van der Waals surface area contributed by atoms with E-state index in [1.807, 2.05) is 9.80 Å². The van der Waals surface area contributed by atoms with Crippen LogP contribution in [0.5, 0.6) is 0 Å². The SMILES string of the molecule is CC(=O)N1CCN(C(=O)CN2CCC(c3ccccc3C)C2)CC1. The minimum atomic E-state index is 0.0997. The number of rotatable bonds is 3. The second-order valence-electron chi connectivity index (χ2n) is 6.96. The minimum absolute atomic E-state index is 0.0997. The van der Waals surface area contributed by atoms with E-state index in [0.29, 0.717) is 38.6 Å². The standard InChI is InChI=1S/C19H27N3O2/c1-15-5-3-4-6-18(15)17-7-8-20(13-17)14-19(24)22-11-9-21(10-12-22)16(2)23/h3-6,17H,7-14H2,1-2H3. The van der Waals surface area contributed by atoms with Gasteiger partial charge in [-0.25, -0.2) is 0 Å². The molecule has 1 aromatic carbocycles. The van der Waals surface area contributed by atoms with E-state index in [1.165, 1.54) is 11.1 Å². The lowest BCUT2D eigenvalue weighted by molar-refractivity contribution is -0.139. The van der Waals surface area contributed by atoms with Crippen LogP contribution in [0.1, 0.15) is 30.4 Å². The van der Waals surface area contributed by atoms with Gasteiger partial charge in [0, 0.05) is 39.6 Å². The number of nitrogens with zero attached hydrogens (tertiary/aromatic N) is 3. The number of benzene rings is 1. The van der Waals surface area contributed by atoms with Crippen molar-refractivity contribution in [2.24, 2.45) is 0 Å². The van der Waals surface area contributed by atoms with Crippen LogP contribution < -0.4 is 0 Å². The molecule has 0 saturated carbocycles. The molecular weight excluding hydrogens is 302 g/mol. The van der Waals surface area contributed by atoms with Crippen LogP contribution in [0.4, 0.5) is 0 Å². The van der Waals surface area contributed by atoms with Gasteiger partial charge in [0.05, 0.1) is 6.54 Å². The molecule has 0 aliphatic carbocycles. The lowest BCUT2D eigenvalue weighted by atomic mass is 9.94. The summed E-state index contributed by atoms with van der Waals surface area (Å²) < 4.78 is 0. The van der Waals surface area contributed by atoms with Gasteiger partial charge in [0.25, 0.3) is 0 Å². The first-order valence-corrected chi connectivity index (χ1v) is 8.86. The van der Waals surface area contributed by atoms with E-state index in [2.05, 4.69) is 36.1 Å². The largest absolute Gasteiger partial charge is 0.339 e. The number of hydrogen-bond acceptors (Lipinski definition) is 3. The van der Waals surface area contributed by atoms with Crippen molar-refractivity contribution in [3.05, 3.63) is 35.4 Å². The molecule has 2 saturated heterocycles. The molecule has 2 fully saturated rings. The molecule has 24 heavy (non-hydrogen) atoms. The fraction of sp³-hybridized carbons (Fsp3) is 0.579. The van der Waals surface area contributed by atoms with Crippen molar-refractivity contribution >= 4 is 11.8 Å². The van der Waals surface area contributed by atoms with Gasteiger partial charge in [-0.15, -0.1) is 0 Å². The minimum Gasteiger partial charge on any atom is -0.339 e. The third kappa shape index (κ3) is 3.78. The van der Waals surface area contributed by atoms with Crippen LogP contribution in [0.25, 0.3) is 0 Å². The first-order valence-electron chi connectivity index (χ1n) is 8.86. The highest BCUT2D eigenvalue weighted by Crippen LogP contribution is 2.29. The summed E-state index contributed by atoms with van der Waals surface area (Å²) in [5, 5.41) is 0. The molecule has 2 aliphatic rings. The zero-order chi connectivity index (χ0) is 17.1. The Labute approximate surface area is 144 Å². The monoisotopic (exact) mass is 329 g/mol. The highest BCUT2D eigenvalue weighted by atomic mass is 16.2. The van der Waals surface area contributed by atoms with Crippen molar-refractivity contribution in [3.63, 3.8) is 0 Å². The maximum atomic E-state index is 12.5. The topological polar surface area (TPSA) is 43.9 Å². The van der Waals surface area contributed by atoms with E-state index in [1.54, 1.807) is 6.92 Å². The van der Waals surface area contributed by atoms with Gasteiger partial charge in [0.1, 0.15) is 0 Å². The van der Waals surface area contributed by atoms with Crippen LogP contribution in [-0.2, 0) is 9.59 Å². The smallest absolute Gasteiger partial charge is 0.236 e. The lowest BCUT2D eigenvalue weighted by Crippen LogP contribution is -2.52. The van der Waals surface area contributed by atoms with Crippen LogP contribution in [-0.4, -0.2) is 72.3 Å². The highest BCUT2D eigenvalue weighted by molar-refractivity contribution is 5.79. The predicted molar refractivity (Wildman–Crippen MR) is 93.8 cm³/mol. The molecule has 1 unspecified atom stereocenters. The number of carbonyl (C=O) groups excluding carboxylic acids is 2. The second kappa shape index (κ2) is 7.34. The number of amides is 2. The van der Waals surface area contributed by atoms with Crippen LogP contribution in [0, 0.1) is 6.92 Å². The van der Waals surface area contributed by atoms with Gasteiger partial charge >= 0.3 is 0 Å². The van der Waals surface area contributed by atoms with Crippen molar-refractivity contribution < 1.29 is 9.59 Å². The van der Waals surface area contributed by atoms with Crippen LogP contribution in [0.2, 0.25) is 0 Å². The molecule has 1 aromatic rings. The average Bonchev–Trinajstić information content (AvgIpc) is 3.03. The van der Waals surface area contributed by atoms with Crippen molar-refractivity contribution in [2.75, 3.05) is 45.8 Å². The Hall–Kier alpha value is -1.88. The summed E-state index contributed by atoms with van der Waals surface area (Å²) in [5.41, 5.74) is 2.76. The van der Waals surface area contributed by atoms with Crippen molar-refractivity contribution in [1.82, 2.24) is 14.7 Å². The summed E-state index contributed by atoms with van der Waals surface area (Å²) in [6, 6.07) is 8.56. The molecule has 2 amide bonds. The summed E-state index contributed by atoms with van der Waals surface area (Å²) in [5.74, 6) is 0.833. The van der Waals surface area contributed by atoms with Crippen LogP contribution >= 0.6 is 0 Å². The zero-order valence-corrected chi connectivity index (χ0v) is 14.7. The van der Waals surface area contributed by atoms with Crippen molar-refractivity contribution in [2.45, 2.75) is 26.2 Å². The fourth-order valence-corrected chi connectivity index (χ4v) is 3.84. The zero-order valence-electron chi connectivity index (χ0n) is 14.7. The van der Waals surface area contributed by atoms with E-state index < -0.39 is 0 Å². The molecule has 0 aromatic heterocycles. The number of likely N-dealkylation sites (tertiary alicyclic amines) is 1. The number of carbonyl (C=O) groups is 2. The highest BCUT2D eigenvalue weighted by Gasteiger charge is 2.28. The van der Waals surface area contributed by atoms with Gasteiger partial charge in [-0.2, -0.15) is 0 Å². The first kappa shape index (κ1) is 17.0. The van der Waals surface area contributed by atoms with Gasteiger partial charge in [-0.05, 0) is 36.9 Å². The summed E-state index contributed by atoms with van der Waals surface area (Å²) in [6.07, 6.45) is 1.12. The molecule has 3 rings (SSSR count). The second-order valence-corrected chi connectivity index (χ2v) is 6.96. The molecule has 0 spiro atoms. The third-order valence-corrected chi connectivity index (χ3v) is 5.34. The first-order chi connectivity index (χ1) is 11.5. The Morgan fingerprint density at radius 2 is 1.71 bits per heavy atom. The van der Waals surface area contributed by atoms with Crippen LogP contribution in [0.15, 0.2) is 24.3 Å². The van der Waals surface area contributed by atoms with Gasteiger partial charge < -0.3 is 9.80 Å². The number of hydrogen-bond donors (Lipinski definition) is 0. The molecule has 0 N–H and O–H groups in total. The molecule has 0 radical (unpaired) electrons. The van der Waals surface area contributed by atoms with Gasteiger partial charge in [0.2, 0.25) is 11.8 Å². The molecule has 5 heteroatoms. The van der Waals surface area contributed by atoms with E-state index in [9.17, 15) is 9.59 Å². The summed E-state index contributed by atoms with van der Waals surface area (Å²) >= 11 is 0. The van der Waals surface area contributed by atoms with Gasteiger partial charge in [-0.3, -0.25) is 14.5 Å². The maximum Gasteiger partial charge on any atom is 0.236 e. The third-order valence-electron chi connectivity index (χ3n) is 5.34. The summed E-state index contributed by atoms with van der Waals surface area (Å²) in [7, 11) is 0. The Balaban J connectivity index is 1.50. The van der Waals surface area contributed by atoms with E-state index in [4.69, 9.17) is 0 Å². The van der Waals surface area contributed by atoms with Crippen molar-refractivity contribution in [3.8, 4) is 0 Å². The Kier molecular flexibility index (Phi) is 5.19. The predicted octanol–water partition coefficient (Wildman–Crippen LogP) is 1.48. The van der Waals surface area contributed by atoms with Crippen LogP contribution in [0.3, 0.4) is 0 Å². The average molecular weight is 329 g/mol. The van der Waals surface area contributed by atoms with E-state index in [0.717, 1.165) is 19.5 Å². The van der Waals surface area contributed by atoms with Gasteiger partial charge in [0.15, 0.2) is 0 Å². The number of aryl methyl sites for hydroxylation is 1. The molecule has 130 valence electrons. The maximum absolute atomic E-state index is 12.5. The van der Waals surface area contributed by atoms with E-state index >= 15 is 0 Å². The molecular formula is C19H27N3O2. The molecule has 5 nitrogen and oxygen atoms in total. The summed E-state index contributed by atoms with van der Waals surface area (Å²) in [6.45, 7) is 8.84. The lowest BCUT2D eigenvalue weighted by Gasteiger charge is -2.35. The normalized spacial score (nSPS) is 22.0. The molecule has 2 heterocycles. The van der Waals surface area contributed by atoms with Crippen molar-refractivity contribution in [1.29, 1.82) is 0 Å². The van der Waals surface area contributed by atoms with Gasteiger partial charge in [-0.1, -0.05) is 24.3 Å². The Morgan fingerprint density at radius 3 is 2.38 bits per heavy atom. The Morgan fingerprint density at radius 1 is 1.04 bits per heavy atom. The molecule has 1 atom stereocenters. The van der Waals surface area contributed by atoms with E-state index in [-0.39, 0.29) is 11.8 Å². The fourth-order valence-electron chi connectivity index (χ4n) is 3.84. The quantitative estimate of drug-likeness (QED) is 0.844. The number of piperazine rings is 1.